The molecule has 0 unspecified atom stereocenters. The van der Waals surface area contributed by atoms with Crippen LogP contribution in [0.1, 0.15) is 55.6 Å². The fourth-order valence-electron chi connectivity index (χ4n) is 4.59. The molecule has 0 spiro atoms. The minimum atomic E-state index is -3.55. The van der Waals surface area contributed by atoms with Gasteiger partial charge >= 0.3 is 6.01 Å². The molecule has 1 aliphatic heterocycles. The fraction of sp³-hybridized carbons (Fsp3) is 0.400. The number of pyridine rings is 1. The Balaban J connectivity index is 1.29. The lowest BCUT2D eigenvalue weighted by molar-refractivity contribution is 0.387. The van der Waals surface area contributed by atoms with E-state index in [9.17, 15) is 12.8 Å². The molecule has 1 aliphatic rings. The molecule has 8 nitrogen and oxygen atoms in total. The second-order valence-corrected chi connectivity index (χ2v) is 11.6. The SMILES string of the molecule is CC(C)c1noc(N2CCC(c3cnc(Cn4ccc5cc(S(C)(=O)=O)cc(F)c54)c(F)c3)CC2)n1. The first-order chi connectivity index (χ1) is 17.1. The third-order valence-corrected chi connectivity index (χ3v) is 7.75. The van der Waals surface area contributed by atoms with Gasteiger partial charge in [0, 0.05) is 43.0 Å². The highest BCUT2D eigenvalue weighted by Crippen LogP contribution is 2.31. The van der Waals surface area contributed by atoms with Gasteiger partial charge in [-0.05, 0) is 48.6 Å². The summed E-state index contributed by atoms with van der Waals surface area (Å²) < 4.78 is 60.3. The van der Waals surface area contributed by atoms with E-state index in [0.717, 1.165) is 43.8 Å². The molecule has 0 amide bonds. The Bertz CT molecular complexity index is 1520. The monoisotopic (exact) mass is 515 g/mol. The molecule has 11 heteroatoms. The Morgan fingerprint density at radius 2 is 1.89 bits per heavy atom. The summed E-state index contributed by atoms with van der Waals surface area (Å²) in [5, 5.41) is 4.45. The van der Waals surface area contributed by atoms with Crippen molar-refractivity contribution in [2.75, 3.05) is 24.2 Å². The molecular formula is C25H27F2N5O3S. The highest BCUT2D eigenvalue weighted by atomic mass is 32.2. The third kappa shape index (κ3) is 4.71. The van der Waals surface area contributed by atoms with E-state index in [1.54, 1.807) is 18.5 Å². The smallest absolute Gasteiger partial charge is 0.324 e. The molecule has 1 saturated heterocycles. The first kappa shape index (κ1) is 24.4. The molecule has 36 heavy (non-hydrogen) atoms. The fourth-order valence-corrected chi connectivity index (χ4v) is 5.25. The molecule has 190 valence electrons. The molecule has 1 fully saturated rings. The minimum absolute atomic E-state index is 0.0263. The molecule has 5 rings (SSSR count). The molecule has 0 aliphatic carbocycles. The maximum Gasteiger partial charge on any atom is 0.324 e. The van der Waals surface area contributed by atoms with Gasteiger partial charge in [-0.1, -0.05) is 19.0 Å². The number of halogens is 2. The minimum Gasteiger partial charge on any atom is -0.339 e. The van der Waals surface area contributed by atoms with Crippen molar-refractivity contribution in [2.24, 2.45) is 0 Å². The zero-order valence-electron chi connectivity index (χ0n) is 20.3. The van der Waals surface area contributed by atoms with Crippen LogP contribution in [0.25, 0.3) is 10.9 Å². The number of fused-ring (bicyclic) bond motifs is 1. The molecule has 1 aromatic carbocycles. The predicted octanol–water partition coefficient (Wildman–Crippen LogP) is 4.66. The van der Waals surface area contributed by atoms with E-state index in [1.807, 2.05) is 13.8 Å². The topological polar surface area (TPSA) is 94.1 Å². The number of piperidine rings is 1. The number of anilines is 1. The standard InChI is InChI=1S/C25H27F2N5O3S/c1-15(2)24-29-25(35-30-24)31-7-4-16(5-8-31)18-11-20(26)22(28-13-18)14-32-9-6-17-10-19(36(3,33)34)12-21(27)23(17)32/h6,9-13,15-16H,4-5,7-8,14H2,1-3H3. The summed E-state index contributed by atoms with van der Waals surface area (Å²) in [6.45, 7) is 5.49. The maximum atomic E-state index is 15.0. The zero-order valence-corrected chi connectivity index (χ0v) is 21.1. The molecule has 3 aromatic heterocycles. The van der Waals surface area contributed by atoms with Crippen molar-refractivity contribution in [1.29, 1.82) is 0 Å². The summed E-state index contributed by atoms with van der Waals surface area (Å²) in [4.78, 5) is 10.8. The number of rotatable bonds is 6. The van der Waals surface area contributed by atoms with Crippen LogP contribution < -0.4 is 4.90 Å². The summed E-state index contributed by atoms with van der Waals surface area (Å²) in [7, 11) is -3.55. The summed E-state index contributed by atoms with van der Waals surface area (Å²) in [5.74, 6) is -0.102. The Morgan fingerprint density at radius 1 is 1.14 bits per heavy atom. The second-order valence-electron chi connectivity index (χ2n) is 9.61. The molecule has 0 bridgehead atoms. The average molecular weight is 516 g/mol. The molecule has 0 N–H and O–H groups in total. The second kappa shape index (κ2) is 9.27. The number of sulfone groups is 1. The van der Waals surface area contributed by atoms with Crippen molar-refractivity contribution in [2.45, 2.75) is 50.0 Å². The number of nitrogens with zero attached hydrogens (tertiary/aromatic N) is 5. The summed E-state index contributed by atoms with van der Waals surface area (Å²) in [6, 6.07) is 6.05. The van der Waals surface area contributed by atoms with Gasteiger partial charge in [-0.25, -0.2) is 17.2 Å². The van der Waals surface area contributed by atoms with Crippen LogP contribution in [0, 0.1) is 11.6 Å². The van der Waals surface area contributed by atoms with Gasteiger partial charge in [0.1, 0.15) is 11.6 Å². The van der Waals surface area contributed by atoms with E-state index in [2.05, 4.69) is 20.0 Å². The van der Waals surface area contributed by atoms with E-state index < -0.39 is 21.5 Å². The van der Waals surface area contributed by atoms with Crippen molar-refractivity contribution in [3.8, 4) is 0 Å². The number of benzene rings is 1. The third-order valence-electron chi connectivity index (χ3n) is 6.66. The van der Waals surface area contributed by atoms with Gasteiger partial charge in [-0.15, -0.1) is 0 Å². The summed E-state index contributed by atoms with van der Waals surface area (Å²) in [6.07, 6.45) is 5.92. The molecule has 4 heterocycles. The molecule has 0 radical (unpaired) electrons. The van der Waals surface area contributed by atoms with Crippen molar-refractivity contribution >= 4 is 26.8 Å². The summed E-state index contributed by atoms with van der Waals surface area (Å²) >= 11 is 0. The lowest BCUT2D eigenvalue weighted by atomic mass is 9.90. The van der Waals surface area contributed by atoms with Crippen LogP contribution in [0.4, 0.5) is 14.8 Å². The van der Waals surface area contributed by atoms with Crippen molar-refractivity contribution < 1.29 is 21.7 Å². The van der Waals surface area contributed by atoms with E-state index in [-0.39, 0.29) is 34.5 Å². The number of hydrogen-bond acceptors (Lipinski definition) is 7. The highest BCUT2D eigenvalue weighted by Gasteiger charge is 2.25. The molecule has 4 aromatic rings. The van der Waals surface area contributed by atoms with Crippen LogP contribution in [-0.2, 0) is 16.4 Å². The Labute approximate surface area is 207 Å². The van der Waals surface area contributed by atoms with Crippen LogP contribution in [0.2, 0.25) is 0 Å². The average Bonchev–Trinajstić information content (AvgIpc) is 3.48. The Hall–Kier alpha value is -3.34. The van der Waals surface area contributed by atoms with Crippen LogP contribution in [0.3, 0.4) is 0 Å². The van der Waals surface area contributed by atoms with E-state index in [4.69, 9.17) is 4.52 Å². The van der Waals surface area contributed by atoms with Gasteiger partial charge in [-0.2, -0.15) is 4.98 Å². The maximum absolute atomic E-state index is 15.0. The first-order valence-corrected chi connectivity index (χ1v) is 13.7. The largest absolute Gasteiger partial charge is 0.339 e. The Kier molecular flexibility index (Phi) is 6.27. The van der Waals surface area contributed by atoms with Gasteiger partial charge in [-0.3, -0.25) is 4.98 Å². The van der Waals surface area contributed by atoms with Gasteiger partial charge in [0.15, 0.2) is 15.7 Å². The number of hydrogen-bond donors (Lipinski definition) is 0. The van der Waals surface area contributed by atoms with Crippen LogP contribution in [0.15, 0.2) is 46.1 Å². The van der Waals surface area contributed by atoms with Gasteiger partial charge in [0.25, 0.3) is 0 Å². The van der Waals surface area contributed by atoms with Crippen LogP contribution in [0.5, 0.6) is 0 Å². The van der Waals surface area contributed by atoms with Crippen molar-refractivity contribution in [1.82, 2.24) is 19.7 Å². The van der Waals surface area contributed by atoms with E-state index in [0.29, 0.717) is 17.2 Å². The van der Waals surface area contributed by atoms with Crippen molar-refractivity contribution in [3.05, 3.63) is 65.4 Å². The predicted molar refractivity (Wildman–Crippen MR) is 131 cm³/mol. The molecular weight excluding hydrogens is 488 g/mol. The normalized spacial score (nSPS) is 15.3. The van der Waals surface area contributed by atoms with Gasteiger partial charge in [0.05, 0.1) is 22.7 Å². The lowest BCUT2D eigenvalue weighted by Crippen LogP contribution is -2.33. The van der Waals surface area contributed by atoms with Gasteiger partial charge in [0.2, 0.25) is 0 Å². The van der Waals surface area contributed by atoms with Gasteiger partial charge < -0.3 is 14.0 Å². The zero-order chi connectivity index (χ0) is 25.6. The number of aromatic nitrogens is 4. The quantitative estimate of drug-likeness (QED) is 0.369. The highest BCUT2D eigenvalue weighted by molar-refractivity contribution is 7.90. The van der Waals surface area contributed by atoms with Crippen LogP contribution in [-0.4, -0.2) is 47.5 Å². The lowest BCUT2D eigenvalue weighted by Gasteiger charge is -2.30. The van der Waals surface area contributed by atoms with E-state index >= 15 is 4.39 Å². The van der Waals surface area contributed by atoms with Crippen LogP contribution >= 0.6 is 0 Å². The first-order valence-electron chi connectivity index (χ1n) is 11.8. The summed E-state index contributed by atoms with van der Waals surface area (Å²) in [5.41, 5.74) is 1.22. The van der Waals surface area contributed by atoms with E-state index in [1.165, 1.54) is 16.7 Å². The van der Waals surface area contributed by atoms with Crippen molar-refractivity contribution in [3.63, 3.8) is 0 Å². The molecule has 0 atom stereocenters. The Morgan fingerprint density at radius 3 is 2.53 bits per heavy atom. The molecule has 0 saturated carbocycles.